The van der Waals surface area contributed by atoms with Crippen LogP contribution in [0.25, 0.3) is 0 Å². The van der Waals surface area contributed by atoms with Gasteiger partial charge in [0.05, 0.1) is 32.0 Å². The van der Waals surface area contributed by atoms with Crippen LogP contribution in [0.15, 0.2) is 122 Å². The molecule has 0 bridgehead atoms. The summed E-state index contributed by atoms with van der Waals surface area (Å²) in [7, 11) is 0. The number of hydrogen-bond donors (Lipinski definition) is 9. The van der Waals surface area contributed by atoms with Crippen LogP contribution in [0.3, 0.4) is 0 Å². The summed E-state index contributed by atoms with van der Waals surface area (Å²) in [5.41, 5.74) is 0. The molecule has 1 amide bonds. The minimum absolute atomic E-state index is 0.250. The molecule has 0 aromatic carbocycles. The maximum atomic E-state index is 13.2. The molecular formula is C68H113NO13. The Labute approximate surface area is 495 Å². The SMILES string of the molecule is CC/C=C\C/C=C\C/C=C\C/C=C\C/C=C\C/C=C\C/C=C\C/C=C\C/C=C\CCCCCCCCCCCCCCCC(=O)NC(COC1OC(CO)C(OC2OC(CO)C(O)C(O)C2O)C(O)C1O)C(O)/C=C/CCCCCCC. The summed E-state index contributed by atoms with van der Waals surface area (Å²) >= 11 is 0. The molecule has 14 nitrogen and oxygen atoms in total. The highest BCUT2D eigenvalue weighted by Crippen LogP contribution is 2.30. The van der Waals surface area contributed by atoms with Gasteiger partial charge in [0, 0.05) is 6.42 Å². The molecule has 14 heteroatoms. The van der Waals surface area contributed by atoms with Crippen molar-refractivity contribution in [3.05, 3.63) is 122 Å². The van der Waals surface area contributed by atoms with Gasteiger partial charge in [-0.25, -0.2) is 0 Å². The second-order valence-corrected chi connectivity index (χ2v) is 21.8. The number of aliphatic hydroxyl groups excluding tert-OH is 8. The van der Waals surface area contributed by atoms with E-state index >= 15 is 0 Å². The van der Waals surface area contributed by atoms with Crippen LogP contribution >= 0.6 is 0 Å². The predicted molar refractivity (Wildman–Crippen MR) is 332 cm³/mol. The van der Waals surface area contributed by atoms with Gasteiger partial charge in [0.25, 0.3) is 0 Å². The van der Waals surface area contributed by atoms with Gasteiger partial charge in [-0.05, 0) is 89.9 Å². The molecule has 0 spiro atoms. The Morgan fingerprint density at radius 3 is 1.29 bits per heavy atom. The summed E-state index contributed by atoms with van der Waals surface area (Å²) in [6, 6.07) is -0.919. The van der Waals surface area contributed by atoms with E-state index in [0.717, 1.165) is 116 Å². The van der Waals surface area contributed by atoms with E-state index in [1.54, 1.807) is 6.08 Å². The smallest absolute Gasteiger partial charge is 0.220 e. The number of hydrogen-bond acceptors (Lipinski definition) is 13. The molecule has 0 saturated carbocycles. The van der Waals surface area contributed by atoms with E-state index in [1.165, 1.54) is 64.2 Å². The van der Waals surface area contributed by atoms with E-state index in [1.807, 2.05) is 6.08 Å². The quantitative estimate of drug-likeness (QED) is 0.0204. The third kappa shape index (κ3) is 36.3. The van der Waals surface area contributed by atoms with E-state index < -0.39 is 86.8 Å². The molecule has 2 aliphatic heterocycles. The van der Waals surface area contributed by atoms with Crippen molar-refractivity contribution < 1.29 is 64.6 Å². The third-order valence-electron chi connectivity index (χ3n) is 14.7. The minimum atomic E-state index is -1.79. The monoisotopic (exact) mass is 1150 g/mol. The highest BCUT2D eigenvalue weighted by molar-refractivity contribution is 5.76. The topological polar surface area (TPSA) is 228 Å². The third-order valence-corrected chi connectivity index (χ3v) is 14.7. The van der Waals surface area contributed by atoms with Gasteiger partial charge in [-0.3, -0.25) is 4.79 Å². The van der Waals surface area contributed by atoms with Crippen molar-refractivity contribution in [1.82, 2.24) is 5.32 Å². The summed E-state index contributed by atoms with van der Waals surface area (Å²) in [4.78, 5) is 13.2. The number of allylic oxidation sites excluding steroid dienone is 19. The second-order valence-electron chi connectivity index (χ2n) is 21.8. The van der Waals surface area contributed by atoms with Gasteiger partial charge in [-0.15, -0.1) is 0 Å². The van der Waals surface area contributed by atoms with Crippen molar-refractivity contribution in [1.29, 1.82) is 0 Å². The Kier molecular flexibility index (Phi) is 47.0. The fourth-order valence-corrected chi connectivity index (χ4v) is 9.58. The largest absolute Gasteiger partial charge is 0.394 e. The van der Waals surface area contributed by atoms with Crippen LogP contribution in [0, 0.1) is 0 Å². The second kappa shape index (κ2) is 51.8. The predicted octanol–water partition coefficient (Wildman–Crippen LogP) is 11.8. The van der Waals surface area contributed by atoms with Gasteiger partial charge in [-0.2, -0.15) is 0 Å². The molecule has 0 aliphatic carbocycles. The van der Waals surface area contributed by atoms with Gasteiger partial charge in [0.15, 0.2) is 12.6 Å². The standard InChI is InChI=1S/C68H113NO13/c1-3-5-7-9-11-12-13-14-15-16-17-18-19-20-21-22-23-24-25-26-27-28-29-30-31-32-33-34-35-36-37-38-39-40-41-42-43-44-46-48-50-52-60(73)69-56(57(72)51-49-47-45-10-8-6-4-2)55-79-67-65(78)63(76)66(59(54-71)81-67)82-68-64(77)62(75)61(74)58(53-70)80-68/h5,7,11-12,14-15,17-18,20-21,23-24,26-27,29-30,32-33,49,51,56-59,61-68,70-72,74-78H,3-4,6,8-10,13,16,19,22,25,28,31,34-48,50,52-55H2,1-2H3,(H,69,73)/b7-5-,12-11-,15-14-,18-17-,21-20-,24-23-,27-26-,30-29-,33-32-,51-49+. The fourth-order valence-electron chi connectivity index (χ4n) is 9.58. The Balaban J connectivity index is 1.54. The Hall–Kier alpha value is -3.61. The number of nitrogens with one attached hydrogen (secondary N) is 1. The highest BCUT2D eigenvalue weighted by Gasteiger charge is 2.51. The number of amides is 1. The van der Waals surface area contributed by atoms with Crippen molar-refractivity contribution in [2.45, 2.75) is 280 Å². The van der Waals surface area contributed by atoms with Gasteiger partial charge in [0.1, 0.15) is 48.8 Å². The maximum Gasteiger partial charge on any atom is 0.220 e. The number of rotatable bonds is 49. The lowest BCUT2D eigenvalue weighted by Crippen LogP contribution is -2.65. The zero-order valence-corrected chi connectivity index (χ0v) is 50.4. The van der Waals surface area contributed by atoms with Crippen molar-refractivity contribution in [3.63, 3.8) is 0 Å². The van der Waals surface area contributed by atoms with Crippen LogP contribution in [-0.4, -0.2) is 140 Å². The molecule has 12 atom stereocenters. The maximum absolute atomic E-state index is 13.2. The van der Waals surface area contributed by atoms with E-state index in [9.17, 15) is 45.6 Å². The number of ether oxygens (including phenoxy) is 4. The first-order valence-corrected chi connectivity index (χ1v) is 31.8. The Morgan fingerprint density at radius 2 is 0.841 bits per heavy atom. The van der Waals surface area contributed by atoms with Gasteiger partial charge < -0.3 is 65.1 Å². The molecule has 2 rings (SSSR count). The molecule has 2 heterocycles. The number of carbonyl (C=O) groups excluding carboxylic acids is 1. The Bertz CT molecular complexity index is 1840. The van der Waals surface area contributed by atoms with Crippen LogP contribution in [-0.2, 0) is 23.7 Å². The zero-order chi connectivity index (χ0) is 59.5. The summed E-state index contributed by atoms with van der Waals surface area (Å²) in [6.45, 7) is 2.59. The van der Waals surface area contributed by atoms with E-state index in [0.29, 0.717) is 6.42 Å². The normalized spacial score (nSPS) is 24.8. The van der Waals surface area contributed by atoms with Crippen LogP contribution < -0.4 is 5.32 Å². The number of aliphatic hydroxyl groups is 8. The van der Waals surface area contributed by atoms with E-state index in [2.05, 4.69) is 129 Å². The lowest BCUT2D eigenvalue weighted by atomic mass is 9.97. The molecule has 468 valence electrons. The molecule has 9 N–H and O–H groups in total. The molecule has 2 fully saturated rings. The Morgan fingerprint density at radius 1 is 0.451 bits per heavy atom. The molecule has 2 saturated heterocycles. The summed E-state index contributed by atoms with van der Waals surface area (Å²) in [5.74, 6) is -0.250. The number of carbonyl (C=O) groups is 1. The van der Waals surface area contributed by atoms with Crippen molar-refractivity contribution in [2.24, 2.45) is 0 Å². The molecule has 0 aromatic rings. The van der Waals surface area contributed by atoms with Gasteiger partial charge in [-0.1, -0.05) is 232 Å². The van der Waals surface area contributed by atoms with Crippen LogP contribution in [0.2, 0.25) is 0 Å². The van der Waals surface area contributed by atoms with Crippen molar-refractivity contribution in [2.75, 3.05) is 19.8 Å². The average Bonchev–Trinajstić information content (AvgIpc) is 3.65. The zero-order valence-electron chi connectivity index (χ0n) is 50.4. The average molecular weight is 1150 g/mol. The first-order chi connectivity index (χ1) is 40.1. The lowest BCUT2D eigenvalue weighted by Gasteiger charge is -2.46. The van der Waals surface area contributed by atoms with Crippen molar-refractivity contribution >= 4 is 5.91 Å². The van der Waals surface area contributed by atoms with Crippen LogP contribution in [0.4, 0.5) is 0 Å². The molecule has 12 unspecified atom stereocenters. The van der Waals surface area contributed by atoms with E-state index in [-0.39, 0.29) is 18.9 Å². The lowest BCUT2D eigenvalue weighted by molar-refractivity contribution is -0.359. The minimum Gasteiger partial charge on any atom is -0.394 e. The first kappa shape index (κ1) is 74.5. The van der Waals surface area contributed by atoms with Crippen molar-refractivity contribution in [3.8, 4) is 0 Å². The highest BCUT2D eigenvalue weighted by atomic mass is 16.7. The first-order valence-electron chi connectivity index (χ1n) is 31.8. The van der Waals surface area contributed by atoms with Crippen LogP contribution in [0.1, 0.15) is 206 Å². The van der Waals surface area contributed by atoms with Crippen LogP contribution in [0.5, 0.6) is 0 Å². The van der Waals surface area contributed by atoms with Gasteiger partial charge >= 0.3 is 0 Å². The molecule has 0 radical (unpaired) electrons. The van der Waals surface area contributed by atoms with Gasteiger partial charge in [0.2, 0.25) is 5.91 Å². The molecule has 2 aliphatic rings. The summed E-state index contributed by atoms with van der Waals surface area (Å²) < 4.78 is 22.7. The fraction of sp³-hybridized carbons (Fsp3) is 0.691. The summed E-state index contributed by atoms with van der Waals surface area (Å²) in [5, 5.41) is 86.7. The molecule has 0 aromatic heterocycles. The molecule has 82 heavy (non-hydrogen) atoms. The number of unbranched alkanes of at least 4 members (excludes halogenated alkanes) is 18. The summed E-state index contributed by atoms with van der Waals surface area (Å²) in [6.07, 6.45) is 58.7. The van der Waals surface area contributed by atoms with E-state index in [4.69, 9.17) is 18.9 Å². The molecular weight excluding hydrogens is 1040 g/mol.